The van der Waals surface area contributed by atoms with Crippen molar-refractivity contribution in [1.82, 2.24) is 9.80 Å². The molecule has 0 radical (unpaired) electrons. The second kappa shape index (κ2) is 7.15. The second-order valence-corrected chi connectivity index (χ2v) is 7.10. The first-order chi connectivity index (χ1) is 10.3. The minimum absolute atomic E-state index is 0. The van der Waals surface area contributed by atoms with Gasteiger partial charge in [0, 0.05) is 25.7 Å². The van der Waals surface area contributed by atoms with E-state index in [-0.39, 0.29) is 36.8 Å². The highest BCUT2D eigenvalue weighted by Crippen LogP contribution is 2.38. The lowest BCUT2D eigenvalue weighted by molar-refractivity contribution is -0.154. The molecule has 3 fully saturated rings. The van der Waals surface area contributed by atoms with Gasteiger partial charge in [-0.05, 0) is 44.1 Å². The molecule has 0 aromatic heterocycles. The number of carbonyl (C=O) groups excluding carboxylic acids is 1. The molecule has 3 rings (SSSR count). The third-order valence-electron chi connectivity index (χ3n) is 5.48. The first-order valence-corrected chi connectivity index (χ1v) is 8.17. The van der Waals surface area contributed by atoms with E-state index in [1.165, 1.54) is 4.90 Å². The molecule has 2 N–H and O–H groups in total. The summed E-state index contributed by atoms with van der Waals surface area (Å²) in [5, 5.41) is 0. The molecule has 3 aliphatic rings. The van der Waals surface area contributed by atoms with Crippen LogP contribution in [0.15, 0.2) is 0 Å². The summed E-state index contributed by atoms with van der Waals surface area (Å²) in [6.07, 6.45) is -0.735. The Morgan fingerprint density at radius 1 is 1.13 bits per heavy atom. The van der Waals surface area contributed by atoms with E-state index in [4.69, 9.17) is 5.73 Å². The summed E-state index contributed by atoms with van der Waals surface area (Å²) in [7, 11) is 0. The number of alkyl halides is 3. The van der Waals surface area contributed by atoms with E-state index in [1.807, 2.05) is 4.90 Å². The largest absolute Gasteiger partial charge is 0.401 e. The molecule has 8 heteroatoms. The minimum atomic E-state index is -4.19. The normalized spacial score (nSPS) is 35.0. The number of halogens is 4. The van der Waals surface area contributed by atoms with Crippen LogP contribution in [0.1, 0.15) is 25.7 Å². The van der Waals surface area contributed by atoms with Gasteiger partial charge >= 0.3 is 6.18 Å². The maximum Gasteiger partial charge on any atom is 0.401 e. The number of hydrogen-bond donors (Lipinski definition) is 1. The molecule has 0 aromatic rings. The molecular weight excluding hydrogens is 331 g/mol. The minimum Gasteiger partial charge on any atom is -0.342 e. The Morgan fingerprint density at radius 3 is 2.52 bits per heavy atom. The van der Waals surface area contributed by atoms with Crippen molar-refractivity contribution in [2.24, 2.45) is 23.5 Å². The highest BCUT2D eigenvalue weighted by molar-refractivity contribution is 5.85. The number of carbonyl (C=O) groups is 1. The molecule has 0 bridgehead atoms. The maximum atomic E-state index is 12.6. The predicted octanol–water partition coefficient (Wildman–Crippen LogP) is 1.88. The average molecular weight is 356 g/mol. The molecule has 2 saturated heterocycles. The van der Waals surface area contributed by atoms with Gasteiger partial charge < -0.3 is 10.6 Å². The van der Waals surface area contributed by atoms with E-state index in [0.29, 0.717) is 37.8 Å². The summed E-state index contributed by atoms with van der Waals surface area (Å²) in [5.41, 5.74) is 6.08. The summed E-state index contributed by atoms with van der Waals surface area (Å²) in [4.78, 5) is 15.9. The van der Waals surface area contributed by atoms with Crippen molar-refractivity contribution in [3.05, 3.63) is 0 Å². The third kappa shape index (κ3) is 4.31. The second-order valence-electron chi connectivity index (χ2n) is 7.10. The number of likely N-dealkylation sites (tertiary alicyclic amines) is 2. The van der Waals surface area contributed by atoms with E-state index in [9.17, 15) is 18.0 Å². The zero-order valence-electron chi connectivity index (χ0n) is 13.1. The van der Waals surface area contributed by atoms with E-state index in [0.717, 1.165) is 19.4 Å². The summed E-state index contributed by atoms with van der Waals surface area (Å²) >= 11 is 0. The van der Waals surface area contributed by atoms with E-state index >= 15 is 0 Å². The van der Waals surface area contributed by atoms with Gasteiger partial charge in [-0.3, -0.25) is 9.69 Å². The zero-order valence-corrected chi connectivity index (χ0v) is 13.9. The van der Waals surface area contributed by atoms with Gasteiger partial charge in [0.15, 0.2) is 0 Å². The fraction of sp³-hybridized carbons (Fsp3) is 0.933. The van der Waals surface area contributed by atoms with Crippen molar-refractivity contribution < 1.29 is 18.0 Å². The van der Waals surface area contributed by atoms with Crippen LogP contribution in [-0.2, 0) is 4.79 Å². The van der Waals surface area contributed by atoms with Crippen LogP contribution in [0.4, 0.5) is 13.2 Å². The Kier molecular flexibility index (Phi) is 5.85. The molecule has 2 heterocycles. The molecule has 1 amide bonds. The van der Waals surface area contributed by atoms with E-state index < -0.39 is 12.7 Å². The molecule has 134 valence electrons. The number of nitrogens with zero attached hydrogens (tertiary/aromatic N) is 2. The molecule has 0 spiro atoms. The highest BCUT2D eigenvalue weighted by atomic mass is 35.5. The number of rotatable bonds is 2. The molecule has 1 aliphatic carbocycles. The number of piperidine rings is 1. The van der Waals surface area contributed by atoms with E-state index in [2.05, 4.69) is 0 Å². The van der Waals surface area contributed by atoms with Gasteiger partial charge in [-0.25, -0.2) is 0 Å². The Morgan fingerprint density at radius 2 is 1.87 bits per heavy atom. The third-order valence-corrected chi connectivity index (χ3v) is 5.48. The molecule has 23 heavy (non-hydrogen) atoms. The quantitative estimate of drug-likeness (QED) is 0.822. The molecule has 0 aromatic carbocycles. The topological polar surface area (TPSA) is 49.6 Å². The molecule has 4 nitrogen and oxygen atoms in total. The lowest BCUT2D eigenvalue weighted by atomic mass is 9.96. The Hall–Kier alpha value is -0.530. The van der Waals surface area contributed by atoms with Crippen molar-refractivity contribution in [3.63, 3.8) is 0 Å². The highest BCUT2D eigenvalue weighted by Gasteiger charge is 2.44. The van der Waals surface area contributed by atoms with Crippen LogP contribution in [0, 0.1) is 17.8 Å². The van der Waals surface area contributed by atoms with Crippen molar-refractivity contribution in [2.75, 3.05) is 32.7 Å². The fourth-order valence-electron chi connectivity index (χ4n) is 4.40. The number of amides is 1. The lowest BCUT2D eigenvalue weighted by Crippen LogP contribution is -2.47. The maximum absolute atomic E-state index is 12.6. The summed E-state index contributed by atoms with van der Waals surface area (Å²) in [5.74, 6) is 0.632. The van der Waals surface area contributed by atoms with Gasteiger partial charge in [0.25, 0.3) is 0 Å². The zero-order chi connectivity index (χ0) is 15.9. The van der Waals surface area contributed by atoms with Crippen molar-refractivity contribution in [2.45, 2.75) is 37.9 Å². The van der Waals surface area contributed by atoms with Crippen molar-refractivity contribution in [1.29, 1.82) is 0 Å². The van der Waals surface area contributed by atoms with Gasteiger partial charge in [0.2, 0.25) is 5.91 Å². The Bertz CT molecular complexity index is 435. The van der Waals surface area contributed by atoms with Crippen LogP contribution in [0.25, 0.3) is 0 Å². The smallest absolute Gasteiger partial charge is 0.342 e. The average Bonchev–Trinajstić information content (AvgIpc) is 2.99. The van der Waals surface area contributed by atoms with E-state index in [1.54, 1.807) is 0 Å². The van der Waals surface area contributed by atoms with Crippen LogP contribution in [-0.4, -0.2) is 60.6 Å². The van der Waals surface area contributed by atoms with Crippen LogP contribution >= 0.6 is 12.4 Å². The van der Waals surface area contributed by atoms with Crippen molar-refractivity contribution in [3.8, 4) is 0 Å². The number of nitrogens with two attached hydrogens (primary N) is 1. The van der Waals surface area contributed by atoms with Gasteiger partial charge in [0.1, 0.15) is 0 Å². The molecule has 4 atom stereocenters. The Balaban J connectivity index is 0.00000192. The first-order valence-electron chi connectivity index (χ1n) is 8.17. The predicted molar refractivity (Wildman–Crippen MR) is 83.2 cm³/mol. The summed E-state index contributed by atoms with van der Waals surface area (Å²) < 4.78 is 37.6. The van der Waals surface area contributed by atoms with Gasteiger partial charge in [-0.2, -0.15) is 13.2 Å². The first kappa shape index (κ1) is 18.8. The number of hydrogen-bond acceptors (Lipinski definition) is 3. The summed E-state index contributed by atoms with van der Waals surface area (Å²) in [6, 6.07) is 0.177. The molecular formula is C15H25ClF3N3O. The molecule has 1 saturated carbocycles. The number of fused-ring (bicyclic) bond motifs is 1. The lowest BCUT2D eigenvalue weighted by Gasteiger charge is -2.34. The fourth-order valence-corrected chi connectivity index (χ4v) is 4.40. The van der Waals surface area contributed by atoms with Crippen molar-refractivity contribution >= 4 is 18.3 Å². The van der Waals surface area contributed by atoms with Gasteiger partial charge in [-0.15, -0.1) is 12.4 Å². The molecule has 4 unspecified atom stereocenters. The van der Waals surface area contributed by atoms with Crippen LogP contribution in [0.3, 0.4) is 0 Å². The van der Waals surface area contributed by atoms with Crippen LogP contribution < -0.4 is 5.73 Å². The molecule has 2 aliphatic heterocycles. The Labute approximate surface area is 141 Å². The SMILES string of the molecule is Cl.NC1CCC2CN(C(=O)C3CCCN(CC(F)(F)F)C3)CC12. The van der Waals surface area contributed by atoms with Crippen LogP contribution in [0.2, 0.25) is 0 Å². The van der Waals surface area contributed by atoms with Gasteiger partial charge in [0.05, 0.1) is 12.5 Å². The standard InChI is InChI=1S/C15H24F3N3O.ClH/c16-15(17,18)9-20-5-1-2-11(6-20)14(22)21-7-10-3-4-13(19)12(10)8-21;/h10-13H,1-9,19H2;1H. The van der Waals surface area contributed by atoms with Crippen LogP contribution in [0.5, 0.6) is 0 Å². The monoisotopic (exact) mass is 355 g/mol. The van der Waals surface area contributed by atoms with Gasteiger partial charge in [-0.1, -0.05) is 0 Å². The summed E-state index contributed by atoms with van der Waals surface area (Å²) in [6.45, 7) is 1.19.